The van der Waals surface area contributed by atoms with E-state index in [9.17, 15) is 8.42 Å². The van der Waals surface area contributed by atoms with Crippen LogP contribution in [0.3, 0.4) is 0 Å². The Labute approximate surface area is 173 Å². The van der Waals surface area contributed by atoms with Crippen LogP contribution in [0, 0.1) is 20.8 Å². The zero-order chi connectivity index (χ0) is 23.6. The van der Waals surface area contributed by atoms with Gasteiger partial charge >= 0.3 is 0 Å². The van der Waals surface area contributed by atoms with E-state index >= 15 is 0 Å². The number of aryl methyl sites for hydroxylation is 3. The lowest BCUT2D eigenvalue weighted by Gasteiger charge is -2.06. The molecule has 0 atom stereocenters. The minimum Gasteiger partial charge on any atom is -0.282 e. The van der Waals surface area contributed by atoms with E-state index in [0.29, 0.717) is 5.56 Å². The fraction of sp³-hybridized carbons (Fsp3) is 0.652. The third-order valence-electron chi connectivity index (χ3n) is 2.07. The molecule has 3 nitrogen and oxygen atoms in total. The first-order valence-corrected chi connectivity index (χ1v) is 11.7. The average Bonchev–Trinajstić information content (AvgIpc) is 2.65. The monoisotopic (exact) mass is 406 g/mol. The van der Waals surface area contributed by atoms with E-state index in [-0.39, 0.29) is 4.90 Å². The summed E-state index contributed by atoms with van der Waals surface area (Å²) in [6, 6.07) is 3.23. The molecule has 27 heavy (non-hydrogen) atoms. The van der Waals surface area contributed by atoms with E-state index in [4.69, 9.17) is 4.55 Å². The maximum Gasteiger partial charge on any atom is 0.294 e. The second kappa shape index (κ2) is 32.5. The summed E-state index contributed by atoms with van der Waals surface area (Å²) in [4.78, 5) is -0.00407. The summed E-state index contributed by atoms with van der Waals surface area (Å²) in [6.45, 7) is 30.9. The Morgan fingerprint density at radius 3 is 1.26 bits per heavy atom. The van der Waals surface area contributed by atoms with E-state index in [1.807, 2.05) is 76.2 Å². The molecule has 0 spiro atoms. The van der Waals surface area contributed by atoms with Crippen molar-refractivity contribution in [3.05, 3.63) is 41.5 Å². The van der Waals surface area contributed by atoms with Gasteiger partial charge in [-0.05, 0) is 50.5 Å². The van der Waals surface area contributed by atoms with Gasteiger partial charge in [0.2, 0.25) is 0 Å². The molecule has 0 unspecified atom stereocenters. The van der Waals surface area contributed by atoms with Crippen LogP contribution in [0.2, 0.25) is 0 Å². The molecule has 4 heteroatoms. The number of allylic oxidation sites excluding steroid dienone is 1. The summed E-state index contributed by atoms with van der Waals surface area (Å²) >= 11 is 0. The molecule has 0 saturated carbocycles. The van der Waals surface area contributed by atoms with Crippen LogP contribution in [-0.2, 0) is 10.1 Å². The van der Waals surface area contributed by atoms with Crippen molar-refractivity contribution in [3.8, 4) is 0 Å². The van der Waals surface area contributed by atoms with Gasteiger partial charge in [-0.25, -0.2) is 0 Å². The second-order valence-electron chi connectivity index (χ2n) is 4.29. The molecule has 1 aromatic rings. The van der Waals surface area contributed by atoms with Crippen molar-refractivity contribution in [1.29, 1.82) is 0 Å². The van der Waals surface area contributed by atoms with Crippen LogP contribution < -0.4 is 0 Å². The molecule has 0 radical (unpaired) electrons. The molecule has 0 saturated heterocycles. The summed E-state index contributed by atoms with van der Waals surface area (Å²) in [7, 11) is -4.07. The smallest absolute Gasteiger partial charge is 0.282 e. The van der Waals surface area contributed by atoms with Gasteiger partial charge in [-0.15, -0.1) is 6.58 Å². The van der Waals surface area contributed by atoms with Gasteiger partial charge in [-0.2, -0.15) is 8.42 Å². The molecule has 0 aliphatic heterocycles. The quantitative estimate of drug-likeness (QED) is 0.375. The lowest BCUT2D eigenvalue weighted by Crippen LogP contribution is -2.02. The summed E-state index contributed by atoms with van der Waals surface area (Å²) in [5.74, 6) is 0. The Balaban J connectivity index is -0.0000000659. The molecule has 1 aromatic carbocycles. The van der Waals surface area contributed by atoms with Crippen LogP contribution in [0.25, 0.3) is 0 Å². The molecule has 0 aliphatic carbocycles. The first-order valence-electron chi connectivity index (χ1n) is 10.3. The number of hydrogen-bond donors (Lipinski definition) is 1. The maximum atomic E-state index is 10.9. The highest BCUT2D eigenvalue weighted by atomic mass is 32.2. The average molecular weight is 407 g/mol. The standard InChI is InChI=1S/C9H12O3S.C3H8.C3H6.4C2H6/c1-6-4-8(3)9(5-7(6)2)13(10,11)12;2*1-3-2;4*1-2/h4-5H,1-3H3,(H,10,11,12);3H2,1-2H3;3H,1H2,2H3;4*1-2H3. The van der Waals surface area contributed by atoms with Gasteiger partial charge < -0.3 is 0 Å². The normalized spacial score (nSPS) is 7.67. The van der Waals surface area contributed by atoms with Crippen LogP contribution in [0.15, 0.2) is 29.7 Å². The van der Waals surface area contributed by atoms with Gasteiger partial charge in [0.05, 0.1) is 4.90 Å². The maximum absolute atomic E-state index is 10.9. The molecule has 0 aromatic heterocycles. The van der Waals surface area contributed by atoms with Crippen molar-refractivity contribution in [2.24, 2.45) is 0 Å². The predicted molar refractivity (Wildman–Crippen MR) is 128 cm³/mol. The molecule has 0 aliphatic rings. The topological polar surface area (TPSA) is 54.4 Å². The van der Waals surface area contributed by atoms with Gasteiger partial charge in [0.15, 0.2) is 0 Å². The van der Waals surface area contributed by atoms with E-state index in [0.717, 1.165) is 11.1 Å². The van der Waals surface area contributed by atoms with E-state index in [1.165, 1.54) is 12.5 Å². The van der Waals surface area contributed by atoms with Gasteiger partial charge in [0.25, 0.3) is 10.1 Å². The minimum absolute atomic E-state index is 0.00407. The number of hydrogen-bond acceptors (Lipinski definition) is 2. The molecule has 1 N–H and O–H groups in total. The number of rotatable bonds is 1. The molecule has 1 rings (SSSR count). The zero-order valence-corrected chi connectivity index (χ0v) is 21.6. The van der Waals surface area contributed by atoms with Gasteiger partial charge in [0, 0.05) is 0 Å². The van der Waals surface area contributed by atoms with Gasteiger partial charge in [-0.1, -0.05) is 87.8 Å². The summed E-state index contributed by atoms with van der Waals surface area (Å²) in [6.07, 6.45) is 3.00. The number of benzene rings is 1. The third-order valence-corrected chi connectivity index (χ3v) is 3.06. The predicted octanol–water partition coefficient (Wildman–Crippen LogP) is 8.57. The Kier molecular flexibility index (Phi) is 48.8. The molecule has 0 heterocycles. The highest BCUT2D eigenvalue weighted by Crippen LogP contribution is 2.19. The molecular formula is C23H50O3S. The highest BCUT2D eigenvalue weighted by Gasteiger charge is 2.13. The van der Waals surface area contributed by atoms with Crippen LogP contribution in [0.5, 0.6) is 0 Å². The summed E-state index contributed by atoms with van der Waals surface area (Å²) < 4.78 is 30.6. The van der Waals surface area contributed by atoms with Crippen molar-refractivity contribution in [3.63, 3.8) is 0 Å². The Morgan fingerprint density at radius 1 is 0.815 bits per heavy atom. The lowest BCUT2D eigenvalue weighted by molar-refractivity contribution is 0.482. The summed E-state index contributed by atoms with van der Waals surface area (Å²) in [5, 5.41) is 0. The molecular weight excluding hydrogens is 356 g/mol. The summed E-state index contributed by atoms with van der Waals surface area (Å²) in [5.41, 5.74) is 2.45. The zero-order valence-electron chi connectivity index (χ0n) is 20.8. The molecule has 0 fully saturated rings. The third kappa shape index (κ3) is 29.9. The fourth-order valence-electron chi connectivity index (χ4n) is 1.21. The first-order chi connectivity index (χ1) is 12.6. The van der Waals surface area contributed by atoms with E-state index in [1.54, 1.807) is 19.1 Å². The van der Waals surface area contributed by atoms with E-state index < -0.39 is 10.1 Å². The van der Waals surface area contributed by atoms with Crippen LogP contribution in [0.4, 0.5) is 0 Å². The SMILES string of the molecule is C=CC.CC.CC.CC.CC.CCC.Cc1cc(C)c(S(=O)(=O)O)cc1C. The van der Waals surface area contributed by atoms with Crippen molar-refractivity contribution in [2.45, 2.75) is 108 Å². The van der Waals surface area contributed by atoms with Gasteiger partial charge in [-0.3, -0.25) is 4.55 Å². The van der Waals surface area contributed by atoms with E-state index in [2.05, 4.69) is 20.4 Å². The van der Waals surface area contributed by atoms with Crippen LogP contribution >= 0.6 is 0 Å². The van der Waals surface area contributed by atoms with Gasteiger partial charge in [0.1, 0.15) is 0 Å². The van der Waals surface area contributed by atoms with Crippen LogP contribution in [0.1, 0.15) is 99.3 Å². The van der Waals surface area contributed by atoms with Crippen molar-refractivity contribution >= 4 is 10.1 Å². The Bertz CT molecular complexity index is 491. The first kappa shape index (κ1) is 40.5. The lowest BCUT2D eigenvalue weighted by atomic mass is 10.1. The molecule has 0 amide bonds. The van der Waals surface area contributed by atoms with Crippen molar-refractivity contribution < 1.29 is 13.0 Å². The Hall–Kier alpha value is -1.13. The Morgan fingerprint density at radius 2 is 1.04 bits per heavy atom. The molecule has 0 bridgehead atoms. The largest absolute Gasteiger partial charge is 0.294 e. The second-order valence-corrected chi connectivity index (χ2v) is 5.68. The van der Waals surface area contributed by atoms with Crippen molar-refractivity contribution in [2.75, 3.05) is 0 Å². The molecule has 166 valence electrons. The fourth-order valence-corrected chi connectivity index (χ4v) is 2.00. The van der Waals surface area contributed by atoms with Crippen LogP contribution in [-0.4, -0.2) is 13.0 Å². The minimum atomic E-state index is -4.07. The highest BCUT2D eigenvalue weighted by molar-refractivity contribution is 7.85. The van der Waals surface area contributed by atoms with Crippen molar-refractivity contribution in [1.82, 2.24) is 0 Å².